The zero-order chi connectivity index (χ0) is 12.3. The second-order valence-electron chi connectivity index (χ2n) is 3.28. The molecule has 0 unspecified atom stereocenters. The number of hydrogen-bond acceptors (Lipinski definition) is 5. The van der Waals surface area contributed by atoms with Crippen LogP contribution in [0.4, 0.5) is 0 Å². The molecule has 1 heterocycles. The van der Waals surface area contributed by atoms with Gasteiger partial charge in [0.1, 0.15) is 5.75 Å². The van der Waals surface area contributed by atoms with Gasteiger partial charge in [-0.05, 0) is 17.7 Å². The monoisotopic (exact) mass is 266 g/mol. The predicted molar refractivity (Wildman–Crippen MR) is 72.5 cm³/mol. The lowest BCUT2D eigenvalue weighted by Crippen LogP contribution is -2.22. The van der Waals surface area contributed by atoms with Gasteiger partial charge in [-0.15, -0.1) is 0 Å². The van der Waals surface area contributed by atoms with E-state index in [9.17, 15) is 4.79 Å². The van der Waals surface area contributed by atoms with E-state index in [0.717, 1.165) is 11.3 Å². The van der Waals surface area contributed by atoms with E-state index in [4.69, 9.17) is 17.0 Å². The molecule has 17 heavy (non-hydrogen) atoms. The van der Waals surface area contributed by atoms with Crippen molar-refractivity contribution in [2.24, 2.45) is 5.10 Å². The lowest BCUT2D eigenvalue weighted by atomic mass is 10.2. The van der Waals surface area contributed by atoms with Gasteiger partial charge >= 0.3 is 0 Å². The molecule has 4 nitrogen and oxygen atoms in total. The van der Waals surface area contributed by atoms with Gasteiger partial charge < -0.3 is 4.74 Å². The lowest BCUT2D eigenvalue weighted by molar-refractivity contribution is -0.123. The summed E-state index contributed by atoms with van der Waals surface area (Å²) in [5, 5.41) is 5.32. The van der Waals surface area contributed by atoms with Gasteiger partial charge in [-0.2, -0.15) is 10.1 Å². The molecule has 0 saturated carbocycles. The first-order valence-corrected chi connectivity index (χ1v) is 6.28. The minimum Gasteiger partial charge on any atom is -0.497 e. The number of thioether (sulfide) groups is 1. The van der Waals surface area contributed by atoms with Crippen LogP contribution in [0.1, 0.15) is 5.56 Å². The third-order valence-electron chi connectivity index (χ3n) is 2.14. The largest absolute Gasteiger partial charge is 0.497 e. The van der Waals surface area contributed by atoms with Gasteiger partial charge in [-0.1, -0.05) is 36.1 Å². The van der Waals surface area contributed by atoms with Crippen LogP contribution in [-0.2, 0) is 4.79 Å². The number of methoxy groups -OCH3 is 1. The molecule has 2 rings (SSSR count). The van der Waals surface area contributed by atoms with E-state index in [1.807, 2.05) is 24.3 Å². The second kappa shape index (κ2) is 5.29. The van der Waals surface area contributed by atoms with Gasteiger partial charge in [0.05, 0.1) is 19.1 Å². The summed E-state index contributed by atoms with van der Waals surface area (Å²) in [6.45, 7) is 0. The molecular weight excluding hydrogens is 256 g/mol. The fourth-order valence-corrected chi connectivity index (χ4v) is 2.27. The highest BCUT2D eigenvalue weighted by Gasteiger charge is 2.25. The number of benzene rings is 1. The smallest absolute Gasteiger partial charge is 0.259 e. The van der Waals surface area contributed by atoms with Crippen LogP contribution in [0.2, 0.25) is 0 Å². The fourth-order valence-electron chi connectivity index (χ4n) is 1.31. The van der Waals surface area contributed by atoms with Gasteiger partial charge in [0.2, 0.25) is 0 Å². The Morgan fingerprint density at radius 2 is 2.41 bits per heavy atom. The number of nitrogens with zero attached hydrogens (tertiary/aromatic N) is 2. The van der Waals surface area contributed by atoms with Gasteiger partial charge in [-0.25, -0.2) is 0 Å². The van der Waals surface area contributed by atoms with Crippen molar-refractivity contribution in [3.8, 4) is 5.75 Å². The molecule has 0 aliphatic carbocycles. The summed E-state index contributed by atoms with van der Waals surface area (Å²) >= 11 is 6.34. The van der Waals surface area contributed by atoms with Crippen LogP contribution >= 0.6 is 24.0 Å². The highest BCUT2D eigenvalue weighted by molar-refractivity contribution is 8.23. The molecule has 1 aliphatic heterocycles. The first kappa shape index (κ1) is 12.1. The van der Waals surface area contributed by atoms with Crippen LogP contribution in [0.15, 0.2) is 29.4 Å². The van der Waals surface area contributed by atoms with Gasteiger partial charge in [0.25, 0.3) is 5.91 Å². The highest BCUT2D eigenvalue weighted by Crippen LogP contribution is 2.19. The Hall–Kier alpha value is -1.40. The number of thiocarbonyl (C=S) groups is 1. The van der Waals surface area contributed by atoms with E-state index in [2.05, 4.69) is 5.10 Å². The van der Waals surface area contributed by atoms with Crippen molar-refractivity contribution in [3.05, 3.63) is 29.8 Å². The van der Waals surface area contributed by atoms with Crippen molar-refractivity contribution >= 4 is 40.4 Å². The summed E-state index contributed by atoms with van der Waals surface area (Å²) < 4.78 is 5.59. The zero-order valence-corrected chi connectivity index (χ0v) is 10.8. The van der Waals surface area contributed by atoms with E-state index in [0.29, 0.717) is 10.1 Å². The van der Waals surface area contributed by atoms with Crippen LogP contribution in [0.3, 0.4) is 0 Å². The van der Waals surface area contributed by atoms with Crippen LogP contribution < -0.4 is 4.74 Å². The fraction of sp³-hybridized carbons (Fsp3) is 0.182. The Kier molecular flexibility index (Phi) is 3.75. The molecule has 0 aromatic heterocycles. The van der Waals surface area contributed by atoms with E-state index < -0.39 is 0 Å². The van der Waals surface area contributed by atoms with Crippen molar-refractivity contribution < 1.29 is 9.53 Å². The number of hydrazone groups is 1. The average Bonchev–Trinajstić information content (AvgIpc) is 2.67. The van der Waals surface area contributed by atoms with E-state index in [1.165, 1.54) is 16.8 Å². The molecule has 1 aliphatic rings. The summed E-state index contributed by atoms with van der Waals surface area (Å²) in [5.74, 6) is 1.03. The molecule has 1 saturated heterocycles. The topological polar surface area (TPSA) is 41.9 Å². The Bertz CT molecular complexity index is 472. The number of rotatable bonds is 3. The molecule has 1 aromatic rings. The van der Waals surface area contributed by atoms with Crippen molar-refractivity contribution in [3.63, 3.8) is 0 Å². The Balaban J connectivity index is 2.14. The number of carbonyl (C=O) groups is 1. The molecule has 88 valence electrons. The minimum absolute atomic E-state index is 0.0841. The number of hydrogen-bond donors (Lipinski definition) is 0. The molecule has 0 spiro atoms. The van der Waals surface area contributed by atoms with Gasteiger partial charge in [0.15, 0.2) is 4.32 Å². The van der Waals surface area contributed by atoms with Crippen molar-refractivity contribution in [1.82, 2.24) is 5.01 Å². The second-order valence-corrected chi connectivity index (χ2v) is 4.89. The summed E-state index contributed by atoms with van der Waals surface area (Å²) in [5.41, 5.74) is 0.858. The van der Waals surface area contributed by atoms with Crippen molar-refractivity contribution in [1.29, 1.82) is 0 Å². The Labute approximate surface area is 109 Å². The first-order chi connectivity index (χ1) is 8.20. The number of amides is 1. The van der Waals surface area contributed by atoms with Crippen LogP contribution in [0.25, 0.3) is 0 Å². The standard InChI is InChI=1S/C11H10N2O2S2/c1-15-9-4-2-3-8(5-9)6-12-13-10(14)7-17-11(13)16/h2-6H,7H2,1H3/b12-6+. The Morgan fingerprint density at radius 1 is 1.59 bits per heavy atom. The molecule has 0 N–H and O–H groups in total. The molecule has 1 fully saturated rings. The summed E-state index contributed by atoms with van der Waals surface area (Å²) in [6.07, 6.45) is 1.60. The molecule has 1 amide bonds. The van der Waals surface area contributed by atoms with E-state index in [-0.39, 0.29) is 5.91 Å². The van der Waals surface area contributed by atoms with Crippen molar-refractivity contribution in [2.75, 3.05) is 12.9 Å². The number of ether oxygens (including phenoxy) is 1. The molecular formula is C11H10N2O2S2. The molecule has 0 radical (unpaired) electrons. The maximum Gasteiger partial charge on any atom is 0.259 e. The van der Waals surface area contributed by atoms with Crippen LogP contribution in [0.5, 0.6) is 5.75 Å². The number of carbonyl (C=O) groups excluding carboxylic acids is 1. The lowest BCUT2D eigenvalue weighted by Gasteiger charge is -2.06. The predicted octanol–water partition coefficient (Wildman–Crippen LogP) is 1.89. The molecule has 0 bridgehead atoms. The van der Waals surface area contributed by atoms with Gasteiger partial charge in [0, 0.05) is 0 Å². The van der Waals surface area contributed by atoms with Crippen LogP contribution in [0, 0.1) is 0 Å². The first-order valence-electron chi connectivity index (χ1n) is 4.88. The summed E-state index contributed by atoms with van der Waals surface area (Å²) in [6, 6.07) is 7.42. The minimum atomic E-state index is -0.0841. The third-order valence-corrected chi connectivity index (χ3v) is 3.48. The SMILES string of the molecule is COc1cccc(/C=N/N2C(=O)CSC2=S)c1. The Morgan fingerprint density at radius 3 is 3.06 bits per heavy atom. The van der Waals surface area contributed by atoms with Crippen LogP contribution in [-0.4, -0.2) is 34.3 Å². The quantitative estimate of drug-likeness (QED) is 0.619. The summed E-state index contributed by atoms with van der Waals surface area (Å²) in [7, 11) is 1.60. The van der Waals surface area contributed by atoms with Gasteiger partial charge in [-0.3, -0.25) is 4.79 Å². The maximum atomic E-state index is 11.4. The normalized spacial score (nSPS) is 15.9. The van der Waals surface area contributed by atoms with E-state index in [1.54, 1.807) is 13.3 Å². The summed E-state index contributed by atoms with van der Waals surface area (Å²) in [4.78, 5) is 11.4. The molecule has 0 atom stereocenters. The van der Waals surface area contributed by atoms with E-state index >= 15 is 0 Å². The van der Waals surface area contributed by atoms with Crippen molar-refractivity contribution in [2.45, 2.75) is 0 Å². The maximum absolute atomic E-state index is 11.4. The highest BCUT2D eigenvalue weighted by atomic mass is 32.2. The zero-order valence-electron chi connectivity index (χ0n) is 9.12. The molecule has 6 heteroatoms. The third kappa shape index (κ3) is 2.83. The average molecular weight is 266 g/mol. The molecule has 1 aromatic carbocycles.